The number of fused-ring (bicyclic) bond motifs is 1. The van der Waals surface area contributed by atoms with Gasteiger partial charge in [0.1, 0.15) is 23.1 Å². The first kappa shape index (κ1) is 13.7. The molecule has 0 unspecified atom stereocenters. The van der Waals surface area contributed by atoms with Crippen molar-refractivity contribution in [1.82, 2.24) is 9.55 Å². The average Bonchev–Trinajstić information content (AvgIpc) is 3.23. The second-order valence-corrected chi connectivity index (χ2v) is 5.36. The van der Waals surface area contributed by atoms with E-state index in [9.17, 15) is 5.11 Å². The first-order valence-corrected chi connectivity index (χ1v) is 7.43. The van der Waals surface area contributed by atoms with Crippen LogP contribution in [0.3, 0.4) is 0 Å². The SMILES string of the molecule is COc1ccc(O)cc1-c1nccn1-c1cccc2c1CCO2. The number of phenolic OH excluding ortho intramolecular Hbond substituents is 1. The highest BCUT2D eigenvalue weighted by Crippen LogP contribution is 2.36. The van der Waals surface area contributed by atoms with Gasteiger partial charge >= 0.3 is 0 Å². The number of hydrogen-bond donors (Lipinski definition) is 1. The Kier molecular flexibility index (Phi) is 3.19. The van der Waals surface area contributed by atoms with Crippen LogP contribution in [0, 0.1) is 0 Å². The number of imidazole rings is 1. The minimum Gasteiger partial charge on any atom is -0.508 e. The molecule has 0 saturated heterocycles. The molecule has 0 aliphatic carbocycles. The van der Waals surface area contributed by atoms with Crippen molar-refractivity contribution in [3.05, 3.63) is 54.4 Å². The van der Waals surface area contributed by atoms with E-state index >= 15 is 0 Å². The van der Waals surface area contributed by atoms with Gasteiger partial charge in [0.05, 0.1) is 25.0 Å². The van der Waals surface area contributed by atoms with Gasteiger partial charge in [-0.3, -0.25) is 4.57 Å². The Balaban J connectivity index is 1.91. The minimum atomic E-state index is 0.178. The Morgan fingerprint density at radius 3 is 3.04 bits per heavy atom. The third kappa shape index (κ3) is 2.21. The summed E-state index contributed by atoms with van der Waals surface area (Å²) in [6.45, 7) is 0.700. The fraction of sp³-hybridized carbons (Fsp3) is 0.167. The van der Waals surface area contributed by atoms with Gasteiger partial charge in [0.2, 0.25) is 0 Å². The molecule has 0 radical (unpaired) electrons. The highest BCUT2D eigenvalue weighted by atomic mass is 16.5. The number of nitrogens with zero attached hydrogens (tertiary/aromatic N) is 2. The van der Waals surface area contributed by atoms with E-state index in [0.717, 1.165) is 29.2 Å². The summed E-state index contributed by atoms with van der Waals surface area (Å²) in [4.78, 5) is 4.47. The molecular weight excluding hydrogens is 292 g/mol. The lowest BCUT2D eigenvalue weighted by Crippen LogP contribution is -2.01. The number of methoxy groups -OCH3 is 1. The molecule has 116 valence electrons. The van der Waals surface area contributed by atoms with Crippen LogP contribution in [0.25, 0.3) is 17.1 Å². The molecular formula is C18H16N2O3. The van der Waals surface area contributed by atoms with Crippen LogP contribution >= 0.6 is 0 Å². The normalized spacial score (nSPS) is 12.7. The van der Waals surface area contributed by atoms with Gasteiger partial charge < -0.3 is 14.6 Å². The summed E-state index contributed by atoms with van der Waals surface area (Å²) in [5.41, 5.74) is 2.96. The van der Waals surface area contributed by atoms with Gasteiger partial charge in [-0.05, 0) is 30.3 Å². The van der Waals surface area contributed by atoms with Crippen LogP contribution in [-0.2, 0) is 6.42 Å². The number of benzene rings is 2. The zero-order valence-electron chi connectivity index (χ0n) is 12.7. The Morgan fingerprint density at radius 2 is 2.17 bits per heavy atom. The molecule has 1 aliphatic rings. The van der Waals surface area contributed by atoms with Crippen LogP contribution in [0.15, 0.2) is 48.8 Å². The molecule has 0 amide bonds. The van der Waals surface area contributed by atoms with Crippen LogP contribution in [0.4, 0.5) is 0 Å². The maximum Gasteiger partial charge on any atom is 0.148 e. The van der Waals surface area contributed by atoms with Crippen molar-refractivity contribution in [3.8, 4) is 34.3 Å². The van der Waals surface area contributed by atoms with Gasteiger partial charge in [-0.25, -0.2) is 4.98 Å². The smallest absolute Gasteiger partial charge is 0.148 e. The maximum absolute atomic E-state index is 9.84. The van der Waals surface area contributed by atoms with Crippen LogP contribution in [0.2, 0.25) is 0 Å². The van der Waals surface area contributed by atoms with Crippen LogP contribution in [-0.4, -0.2) is 28.4 Å². The minimum absolute atomic E-state index is 0.178. The van der Waals surface area contributed by atoms with Gasteiger partial charge in [-0.1, -0.05) is 6.07 Å². The van der Waals surface area contributed by atoms with Crippen molar-refractivity contribution in [2.24, 2.45) is 0 Å². The first-order valence-electron chi connectivity index (χ1n) is 7.43. The quantitative estimate of drug-likeness (QED) is 0.807. The number of aromatic hydroxyl groups is 1. The summed E-state index contributed by atoms with van der Waals surface area (Å²) in [6, 6.07) is 11.0. The largest absolute Gasteiger partial charge is 0.508 e. The van der Waals surface area contributed by atoms with E-state index < -0.39 is 0 Å². The molecule has 2 heterocycles. The van der Waals surface area contributed by atoms with Gasteiger partial charge in [-0.2, -0.15) is 0 Å². The molecule has 4 rings (SSSR count). The van der Waals surface area contributed by atoms with E-state index in [4.69, 9.17) is 9.47 Å². The predicted octanol–water partition coefficient (Wildman–Crippen LogP) is 3.19. The van der Waals surface area contributed by atoms with E-state index in [-0.39, 0.29) is 5.75 Å². The summed E-state index contributed by atoms with van der Waals surface area (Å²) in [7, 11) is 1.61. The fourth-order valence-corrected chi connectivity index (χ4v) is 3.00. The van der Waals surface area contributed by atoms with Gasteiger partial charge in [-0.15, -0.1) is 0 Å². The monoisotopic (exact) mass is 308 g/mol. The van der Waals surface area contributed by atoms with Crippen LogP contribution < -0.4 is 9.47 Å². The number of aromatic nitrogens is 2. The Morgan fingerprint density at radius 1 is 1.26 bits per heavy atom. The van der Waals surface area contributed by atoms with E-state index in [1.54, 1.807) is 31.5 Å². The molecule has 0 saturated carbocycles. The topological polar surface area (TPSA) is 56.5 Å². The molecule has 5 nitrogen and oxygen atoms in total. The molecule has 2 aromatic carbocycles. The van der Waals surface area contributed by atoms with Crippen molar-refractivity contribution in [1.29, 1.82) is 0 Å². The standard InChI is InChI=1S/C18H16N2O3/c1-22-16-6-5-12(21)11-14(16)18-19-8-9-20(18)15-3-2-4-17-13(15)7-10-23-17/h2-6,8-9,11,21H,7,10H2,1H3. The molecule has 1 aliphatic heterocycles. The molecule has 5 heteroatoms. The van der Waals surface area contributed by atoms with Crippen LogP contribution in [0.1, 0.15) is 5.56 Å². The molecule has 3 aromatic rings. The lowest BCUT2D eigenvalue weighted by Gasteiger charge is -2.14. The Bertz CT molecular complexity index is 854. The van der Waals surface area contributed by atoms with Gasteiger partial charge in [0.25, 0.3) is 0 Å². The molecule has 23 heavy (non-hydrogen) atoms. The number of phenols is 1. The number of rotatable bonds is 3. The van der Waals surface area contributed by atoms with Crippen molar-refractivity contribution >= 4 is 0 Å². The third-order valence-corrected chi connectivity index (χ3v) is 4.04. The molecule has 0 spiro atoms. The predicted molar refractivity (Wildman–Crippen MR) is 86.4 cm³/mol. The fourth-order valence-electron chi connectivity index (χ4n) is 3.00. The highest BCUT2D eigenvalue weighted by molar-refractivity contribution is 5.69. The maximum atomic E-state index is 9.84. The molecule has 0 bridgehead atoms. The van der Waals surface area contributed by atoms with Gasteiger partial charge in [0.15, 0.2) is 0 Å². The second kappa shape index (κ2) is 5.35. The van der Waals surface area contributed by atoms with E-state index in [1.165, 1.54) is 5.56 Å². The average molecular weight is 308 g/mol. The molecule has 1 N–H and O–H groups in total. The Hall–Kier alpha value is -2.95. The lowest BCUT2D eigenvalue weighted by atomic mass is 10.1. The zero-order chi connectivity index (χ0) is 15.8. The molecule has 0 atom stereocenters. The Labute approximate surface area is 133 Å². The summed E-state index contributed by atoms with van der Waals surface area (Å²) in [6.07, 6.45) is 4.53. The van der Waals surface area contributed by atoms with Gasteiger partial charge in [0, 0.05) is 24.4 Å². The summed E-state index contributed by atoms with van der Waals surface area (Å²) < 4.78 is 13.1. The highest BCUT2D eigenvalue weighted by Gasteiger charge is 2.20. The molecule has 1 aromatic heterocycles. The van der Waals surface area contributed by atoms with Crippen molar-refractivity contribution in [2.45, 2.75) is 6.42 Å². The summed E-state index contributed by atoms with van der Waals surface area (Å²) in [5, 5.41) is 9.84. The first-order chi connectivity index (χ1) is 11.3. The molecule has 0 fully saturated rings. The third-order valence-electron chi connectivity index (χ3n) is 4.04. The second-order valence-electron chi connectivity index (χ2n) is 5.36. The lowest BCUT2D eigenvalue weighted by molar-refractivity contribution is 0.357. The zero-order valence-corrected chi connectivity index (χ0v) is 12.7. The summed E-state index contributed by atoms with van der Waals surface area (Å²) >= 11 is 0. The van der Waals surface area contributed by atoms with Crippen molar-refractivity contribution in [2.75, 3.05) is 13.7 Å². The number of ether oxygens (including phenoxy) is 2. The van der Waals surface area contributed by atoms with Crippen molar-refractivity contribution in [3.63, 3.8) is 0 Å². The van der Waals surface area contributed by atoms with E-state index in [0.29, 0.717) is 12.4 Å². The van der Waals surface area contributed by atoms with Crippen molar-refractivity contribution < 1.29 is 14.6 Å². The van der Waals surface area contributed by atoms with Crippen LogP contribution in [0.5, 0.6) is 17.2 Å². The van der Waals surface area contributed by atoms with E-state index in [2.05, 4.69) is 4.98 Å². The van der Waals surface area contributed by atoms with E-state index in [1.807, 2.05) is 29.0 Å². The summed E-state index contributed by atoms with van der Waals surface area (Å²) in [5.74, 6) is 2.49. The number of hydrogen-bond acceptors (Lipinski definition) is 4.